The summed E-state index contributed by atoms with van der Waals surface area (Å²) in [7, 11) is 1.74. The van der Waals surface area contributed by atoms with Crippen LogP contribution in [0, 0.1) is 6.92 Å². The molecule has 1 aliphatic rings. The smallest absolute Gasteiger partial charge is 0.119 e. The molecule has 3 rings (SSSR count). The summed E-state index contributed by atoms with van der Waals surface area (Å²) in [6, 6.07) is 15.5. The van der Waals surface area contributed by atoms with Crippen molar-refractivity contribution in [1.82, 2.24) is 0 Å². The van der Waals surface area contributed by atoms with E-state index in [-0.39, 0.29) is 0 Å². The van der Waals surface area contributed by atoms with E-state index in [0.717, 1.165) is 5.75 Å². The Balaban J connectivity index is 2.03. The zero-order valence-corrected chi connectivity index (χ0v) is 11.6. The molecule has 0 saturated carbocycles. The molecule has 1 heteroatoms. The summed E-state index contributed by atoms with van der Waals surface area (Å²) in [6.45, 7) is 2.14. The monoisotopic (exact) mass is 252 g/mol. The first-order valence-corrected chi connectivity index (χ1v) is 7.01. The van der Waals surface area contributed by atoms with Gasteiger partial charge in [-0.1, -0.05) is 35.9 Å². The highest BCUT2D eigenvalue weighted by molar-refractivity contribution is 5.44. The van der Waals surface area contributed by atoms with Gasteiger partial charge in [0, 0.05) is 5.92 Å². The van der Waals surface area contributed by atoms with Crippen molar-refractivity contribution in [3.8, 4) is 5.75 Å². The van der Waals surface area contributed by atoms with Crippen molar-refractivity contribution >= 4 is 0 Å². The highest BCUT2D eigenvalue weighted by Gasteiger charge is 2.22. The molecule has 0 spiro atoms. The summed E-state index contributed by atoms with van der Waals surface area (Å²) in [4.78, 5) is 0. The number of aryl methyl sites for hydroxylation is 2. The molecule has 0 aliphatic heterocycles. The van der Waals surface area contributed by atoms with E-state index in [1.807, 2.05) is 0 Å². The summed E-state index contributed by atoms with van der Waals surface area (Å²) < 4.78 is 5.38. The Morgan fingerprint density at radius 1 is 1.05 bits per heavy atom. The lowest BCUT2D eigenvalue weighted by Crippen LogP contribution is -2.11. The van der Waals surface area contributed by atoms with Crippen LogP contribution < -0.4 is 4.74 Å². The standard InChI is InChI=1S/C18H20O/c1-13-6-8-15(9-7-13)17-5-3-4-14-10-11-16(19-2)12-18(14)17/h6-12,17H,3-5H2,1-2H3. The zero-order chi connectivity index (χ0) is 13.2. The SMILES string of the molecule is COc1ccc2c(c1)C(c1ccc(C)cc1)CCC2. The first-order chi connectivity index (χ1) is 9.28. The summed E-state index contributed by atoms with van der Waals surface area (Å²) in [5, 5.41) is 0. The number of hydrogen-bond acceptors (Lipinski definition) is 1. The number of benzene rings is 2. The number of methoxy groups -OCH3 is 1. The van der Waals surface area contributed by atoms with Gasteiger partial charge in [-0.15, -0.1) is 0 Å². The number of ether oxygens (including phenoxy) is 1. The second kappa shape index (κ2) is 5.08. The second-order valence-electron chi connectivity index (χ2n) is 5.42. The van der Waals surface area contributed by atoms with E-state index in [0.29, 0.717) is 5.92 Å². The van der Waals surface area contributed by atoms with Gasteiger partial charge in [-0.3, -0.25) is 0 Å². The normalized spacial score (nSPS) is 17.9. The van der Waals surface area contributed by atoms with Crippen LogP contribution in [0.2, 0.25) is 0 Å². The fourth-order valence-electron chi connectivity index (χ4n) is 3.05. The van der Waals surface area contributed by atoms with Crippen molar-refractivity contribution in [2.75, 3.05) is 7.11 Å². The molecule has 98 valence electrons. The lowest BCUT2D eigenvalue weighted by molar-refractivity contribution is 0.413. The third kappa shape index (κ3) is 2.37. The minimum Gasteiger partial charge on any atom is -0.497 e. The Morgan fingerprint density at radius 2 is 1.84 bits per heavy atom. The minimum atomic E-state index is 0.527. The maximum absolute atomic E-state index is 5.38. The van der Waals surface area contributed by atoms with Crippen LogP contribution in [0.15, 0.2) is 42.5 Å². The maximum atomic E-state index is 5.38. The molecule has 0 amide bonds. The number of hydrogen-bond donors (Lipinski definition) is 0. The van der Waals surface area contributed by atoms with Gasteiger partial charge in [-0.25, -0.2) is 0 Å². The number of fused-ring (bicyclic) bond motifs is 1. The van der Waals surface area contributed by atoms with Crippen molar-refractivity contribution < 1.29 is 4.74 Å². The average Bonchev–Trinajstić information content (AvgIpc) is 2.47. The molecule has 0 fully saturated rings. The van der Waals surface area contributed by atoms with Crippen LogP contribution in [-0.4, -0.2) is 7.11 Å². The van der Waals surface area contributed by atoms with Gasteiger partial charge in [-0.2, -0.15) is 0 Å². The van der Waals surface area contributed by atoms with Crippen molar-refractivity contribution in [3.63, 3.8) is 0 Å². The molecular weight excluding hydrogens is 232 g/mol. The van der Waals surface area contributed by atoms with Gasteiger partial charge in [0.05, 0.1) is 7.11 Å². The molecule has 0 heterocycles. The first-order valence-electron chi connectivity index (χ1n) is 7.01. The molecule has 1 unspecified atom stereocenters. The lowest BCUT2D eigenvalue weighted by atomic mass is 9.79. The summed E-state index contributed by atoms with van der Waals surface area (Å²) in [5.74, 6) is 1.50. The van der Waals surface area contributed by atoms with E-state index < -0.39 is 0 Å². The second-order valence-corrected chi connectivity index (χ2v) is 5.42. The molecule has 0 radical (unpaired) electrons. The molecule has 1 atom stereocenters. The van der Waals surface area contributed by atoms with E-state index in [1.165, 1.54) is 41.5 Å². The van der Waals surface area contributed by atoms with E-state index >= 15 is 0 Å². The van der Waals surface area contributed by atoms with E-state index in [9.17, 15) is 0 Å². The Morgan fingerprint density at radius 3 is 2.58 bits per heavy atom. The van der Waals surface area contributed by atoms with Crippen LogP contribution in [0.3, 0.4) is 0 Å². The summed E-state index contributed by atoms with van der Waals surface area (Å²) in [5.41, 5.74) is 5.69. The summed E-state index contributed by atoms with van der Waals surface area (Å²) >= 11 is 0. The Hall–Kier alpha value is -1.76. The van der Waals surface area contributed by atoms with Crippen molar-refractivity contribution in [1.29, 1.82) is 0 Å². The Labute approximate surface area is 115 Å². The Bertz CT molecular complexity index is 569. The maximum Gasteiger partial charge on any atom is 0.119 e. The average molecular weight is 252 g/mol. The van der Waals surface area contributed by atoms with Crippen molar-refractivity contribution in [2.24, 2.45) is 0 Å². The van der Waals surface area contributed by atoms with Gasteiger partial charge in [0.2, 0.25) is 0 Å². The van der Waals surface area contributed by atoms with Gasteiger partial charge < -0.3 is 4.74 Å². The van der Waals surface area contributed by atoms with Crippen LogP contribution >= 0.6 is 0 Å². The Kier molecular flexibility index (Phi) is 3.29. The van der Waals surface area contributed by atoms with Crippen molar-refractivity contribution in [3.05, 3.63) is 64.7 Å². The number of rotatable bonds is 2. The largest absolute Gasteiger partial charge is 0.497 e. The predicted octanol–water partition coefficient (Wildman–Crippen LogP) is 4.47. The van der Waals surface area contributed by atoms with Crippen LogP contribution in [0.25, 0.3) is 0 Å². The van der Waals surface area contributed by atoms with Crippen LogP contribution in [0.1, 0.15) is 41.0 Å². The molecule has 2 aromatic rings. The first kappa shape index (κ1) is 12.3. The van der Waals surface area contributed by atoms with E-state index in [2.05, 4.69) is 49.4 Å². The van der Waals surface area contributed by atoms with Gasteiger partial charge in [0.1, 0.15) is 5.75 Å². The minimum absolute atomic E-state index is 0.527. The van der Waals surface area contributed by atoms with Crippen molar-refractivity contribution in [2.45, 2.75) is 32.1 Å². The van der Waals surface area contributed by atoms with Crippen LogP contribution in [-0.2, 0) is 6.42 Å². The van der Waals surface area contributed by atoms with Gasteiger partial charge >= 0.3 is 0 Å². The van der Waals surface area contributed by atoms with Crippen LogP contribution in [0.4, 0.5) is 0 Å². The molecule has 2 aromatic carbocycles. The molecule has 19 heavy (non-hydrogen) atoms. The van der Waals surface area contributed by atoms with Gasteiger partial charge in [-0.05, 0) is 55.0 Å². The third-order valence-electron chi connectivity index (χ3n) is 4.15. The zero-order valence-electron chi connectivity index (χ0n) is 11.6. The fraction of sp³-hybridized carbons (Fsp3) is 0.333. The highest BCUT2D eigenvalue weighted by Crippen LogP contribution is 2.38. The van der Waals surface area contributed by atoms with Gasteiger partial charge in [0.25, 0.3) is 0 Å². The van der Waals surface area contributed by atoms with Crippen LogP contribution in [0.5, 0.6) is 5.75 Å². The summed E-state index contributed by atoms with van der Waals surface area (Å²) in [6.07, 6.45) is 3.71. The molecule has 0 bridgehead atoms. The quantitative estimate of drug-likeness (QED) is 0.766. The lowest BCUT2D eigenvalue weighted by Gasteiger charge is -2.26. The molecule has 0 saturated heterocycles. The highest BCUT2D eigenvalue weighted by atomic mass is 16.5. The molecule has 1 aliphatic carbocycles. The molecule has 0 aromatic heterocycles. The molecule has 1 nitrogen and oxygen atoms in total. The third-order valence-corrected chi connectivity index (χ3v) is 4.15. The topological polar surface area (TPSA) is 9.23 Å². The van der Waals surface area contributed by atoms with E-state index in [1.54, 1.807) is 7.11 Å². The molecule has 0 N–H and O–H groups in total. The van der Waals surface area contributed by atoms with Gasteiger partial charge in [0.15, 0.2) is 0 Å². The fourth-order valence-corrected chi connectivity index (χ4v) is 3.05. The van der Waals surface area contributed by atoms with E-state index in [4.69, 9.17) is 4.74 Å². The predicted molar refractivity (Wildman–Crippen MR) is 79.0 cm³/mol. The molecular formula is C18H20O.